The first-order valence-electron chi connectivity index (χ1n) is 1.84. The van der Waals surface area contributed by atoms with E-state index in [1.807, 2.05) is 0 Å². The van der Waals surface area contributed by atoms with E-state index in [1.165, 1.54) is 0 Å². The highest BCUT2D eigenvalue weighted by molar-refractivity contribution is 6.47. The minimum Gasteiger partial charge on any atom is -0.208 e. The molecule has 0 aliphatic rings. The molecule has 0 aromatic rings. The van der Waals surface area contributed by atoms with Crippen LogP contribution in [-0.2, 0) is 0 Å². The second-order valence-corrected chi connectivity index (χ2v) is 3.35. The van der Waals surface area contributed by atoms with E-state index in [0.29, 0.717) is 0 Å². The zero-order valence-corrected chi connectivity index (χ0v) is 6.24. The van der Waals surface area contributed by atoms with Gasteiger partial charge in [0.15, 0.2) is 0 Å². The Balaban J connectivity index is 3.75. The van der Waals surface area contributed by atoms with Crippen LogP contribution in [0, 0.1) is 0 Å². The first-order chi connectivity index (χ1) is 3.71. The third-order valence-corrected chi connectivity index (χ3v) is 0.802. The average Bonchev–Trinajstić information content (AvgIpc) is 1.14. The van der Waals surface area contributed by atoms with Crippen molar-refractivity contribution in [2.45, 2.75) is 16.4 Å². The Kier molecular flexibility index (Phi) is 2.92. The SMILES string of the molecule is FC(F)(Cl)CC(F)(Cl)Cl. The summed E-state index contributed by atoms with van der Waals surface area (Å²) < 4.78 is 32.0. The number of halogens is 6. The average molecular weight is 201 g/mol. The molecule has 0 atom stereocenters. The van der Waals surface area contributed by atoms with Crippen LogP contribution in [0.5, 0.6) is 0 Å². The summed E-state index contributed by atoms with van der Waals surface area (Å²) in [7, 11) is 0. The number of hydrogen-bond donors (Lipinski definition) is 0. The standard InChI is InChI=1S/C3H2Cl3F3/c4-2(5,7)1-3(6,8)9/h1H2. The normalized spacial score (nSPS) is 14.0. The molecule has 0 spiro atoms. The molecule has 0 aliphatic carbocycles. The molecule has 0 rings (SSSR count). The van der Waals surface area contributed by atoms with Gasteiger partial charge in [-0.15, -0.1) is 0 Å². The Morgan fingerprint density at radius 2 is 1.33 bits per heavy atom. The second kappa shape index (κ2) is 2.72. The van der Waals surface area contributed by atoms with Crippen LogP contribution >= 0.6 is 34.8 Å². The van der Waals surface area contributed by atoms with E-state index >= 15 is 0 Å². The topological polar surface area (TPSA) is 0 Å². The van der Waals surface area contributed by atoms with Crippen molar-refractivity contribution in [2.75, 3.05) is 0 Å². The van der Waals surface area contributed by atoms with Crippen LogP contribution in [-0.4, -0.2) is 9.97 Å². The molecule has 9 heavy (non-hydrogen) atoms. The molecule has 0 bridgehead atoms. The van der Waals surface area contributed by atoms with Crippen LogP contribution in [0.3, 0.4) is 0 Å². The maximum Gasteiger partial charge on any atom is 0.327 e. The van der Waals surface area contributed by atoms with Gasteiger partial charge in [0, 0.05) is 0 Å². The zero-order valence-electron chi connectivity index (χ0n) is 3.97. The maximum absolute atomic E-state index is 11.9. The van der Waals surface area contributed by atoms with Gasteiger partial charge in [-0.3, -0.25) is 0 Å². The summed E-state index contributed by atoms with van der Waals surface area (Å²) in [6.45, 7) is 0. The third-order valence-electron chi connectivity index (χ3n) is 0.401. The lowest BCUT2D eigenvalue weighted by molar-refractivity contribution is 0.0635. The predicted molar refractivity (Wildman–Crippen MR) is 31.0 cm³/mol. The van der Waals surface area contributed by atoms with Crippen molar-refractivity contribution in [2.24, 2.45) is 0 Å². The van der Waals surface area contributed by atoms with E-state index in [-0.39, 0.29) is 0 Å². The molecule has 0 N–H and O–H groups in total. The molecule has 0 aromatic heterocycles. The van der Waals surface area contributed by atoms with Crippen LogP contribution in [0.1, 0.15) is 6.42 Å². The van der Waals surface area contributed by atoms with Crippen LogP contribution in [0.25, 0.3) is 0 Å². The molecule has 0 aromatic carbocycles. The Morgan fingerprint density at radius 3 is 1.33 bits per heavy atom. The van der Waals surface area contributed by atoms with Crippen molar-refractivity contribution >= 4 is 34.8 Å². The van der Waals surface area contributed by atoms with Gasteiger partial charge in [-0.05, 0) is 11.6 Å². The summed E-state index contributed by atoms with van der Waals surface area (Å²) in [6, 6.07) is 0. The summed E-state index contributed by atoms with van der Waals surface area (Å²) in [5, 5.41) is -3.68. The highest BCUT2D eigenvalue weighted by Gasteiger charge is 2.38. The van der Waals surface area contributed by atoms with Gasteiger partial charge in [-0.2, -0.15) is 8.78 Å². The van der Waals surface area contributed by atoms with Gasteiger partial charge < -0.3 is 0 Å². The molecule has 0 heterocycles. The first-order valence-corrected chi connectivity index (χ1v) is 2.97. The molecule has 0 saturated carbocycles. The van der Waals surface area contributed by atoms with Crippen LogP contribution in [0.2, 0.25) is 0 Å². The molecule has 56 valence electrons. The van der Waals surface area contributed by atoms with Gasteiger partial charge in [0.1, 0.15) is 0 Å². The van der Waals surface area contributed by atoms with Gasteiger partial charge in [0.25, 0.3) is 4.59 Å². The molecule has 0 saturated heterocycles. The van der Waals surface area contributed by atoms with Crippen molar-refractivity contribution < 1.29 is 13.2 Å². The van der Waals surface area contributed by atoms with E-state index in [1.54, 1.807) is 0 Å². The predicted octanol–water partition coefficient (Wildman–Crippen LogP) is 3.31. The summed E-state index contributed by atoms with van der Waals surface area (Å²) in [4.78, 5) is 0. The van der Waals surface area contributed by atoms with Gasteiger partial charge >= 0.3 is 5.38 Å². The van der Waals surface area contributed by atoms with Crippen molar-refractivity contribution in [3.05, 3.63) is 0 Å². The summed E-state index contributed by atoms with van der Waals surface area (Å²) in [5.74, 6) is 0. The van der Waals surface area contributed by atoms with E-state index < -0.39 is 16.4 Å². The molecule has 0 nitrogen and oxygen atoms in total. The lowest BCUT2D eigenvalue weighted by atomic mass is 10.5. The zero-order chi connectivity index (χ0) is 7.71. The van der Waals surface area contributed by atoms with E-state index in [4.69, 9.17) is 0 Å². The fraction of sp³-hybridized carbons (Fsp3) is 1.00. The quantitative estimate of drug-likeness (QED) is 0.601. The Bertz CT molecular complexity index is 79.5. The lowest BCUT2D eigenvalue weighted by Crippen LogP contribution is -2.17. The maximum atomic E-state index is 11.9. The van der Waals surface area contributed by atoms with Crippen molar-refractivity contribution in [1.29, 1.82) is 0 Å². The van der Waals surface area contributed by atoms with Crippen LogP contribution in [0.4, 0.5) is 13.2 Å². The molecular weight excluding hydrogens is 199 g/mol. The van der Waals surface area contributed by atoms with Crippen molar-refractivity contribution in [3.8, 4) is 0 Å². The summed E-state index contributed by atoms with van der Waals surface area (Å²) >= 11 is 13.4. The molecule has 6 heteroatoms. The van der Waals surface area contributed by atoms with Crippen molar-refractivity contribution in [3.63, 3.8) is 0 Å². The minimum atomic E-state index is -3.68. The van der Waals surface area contributed by atoms with Crippen LogP contribution in [0.15, 0.2) is 0 Å². The third kappa shape index (κ3) is 8.66. The minimum absolute atomic E-state index is 1.41. The first kappa shape index (κ1) is 9.66. The Hall–Kier alpha value is 0.660. The fourth-order valence-corrected chi connectivity index (χ4v) is 0.884. The molecule has 0 fully saturated rings. The summed E-state index contributed by atoms with van der Waals surface area (Å²) in [5.41, 5.74) is 0. The lowest BCUT2D eigenvalue weighted by Gasteiger charge is -2.12. The Morgan fingerprint density at radius 1 is 1.00 bits per heavy atom. The highest BCUT2D eigenvalue weighted by Crippen LogP contribution is 2.37. The number of rotatable bonds is 2. The van der Waals surface area contributed by atoms with E-state index in [0.717, 1.165) is 0 Å². The fourth-order valence-electron chi connectivity index (χ4n) is 0.227. The molecule has 0 aliphatic heterocycles. The van der Waals surface area contributed by atoms with Gasteiger partial charge in [-0.1, -0.05) is 23.2 Å². The van der Waals surface area contributed by atoms with Gasteiger partial charge in [0.05, 0.1) is 6.42 Å². The molecule has 0 unspecified atom stereocenters. The second-order valence-electron chi connectivity index (χ2n) is 1.41. The largest absolute Gasteiger partial charge is 0.327 e. The van der Waals surface area contributed by atoms with Crippen LogP contribution < -0.4 is 0 Å². The molecular formula is C3H2Cl3F3. The van der Waals surface area contributed by atoms with Crippen molar-refractivity contribution in [1.82, 2.24) is 0 Å². The smallest absolute Gasteiger partial charge is 0.208 e. The highest BCUT2D eigenvalue weighted by atomic mass is 35.5. The number of hydrogen-bond acceptors (Lipinski definition) is 0. The van der Waals surface area contributed by atoms with Gasteiger partial charge in [0.2, 0.25) is 0 Å². The molecule has 0 amide bonds. The van der Waals surface area contributed by atoms with Gasteiger partial charge in [-0.25, -0.2) is 4.39 Å². The van der Waals surface area contributed by atoms with E-state index in [9.17, 15) is 13.2 Å². The Labute approximate surface area is 64.9 Å². The van der Waals surface area contributed by atoms with E-state index in [2.05, 4.69) is 34.8 Å². The monoisotopic (exact) mass is 200 g/mol. The molecule has 0 radical (unpaired) electrons. The summed E-state index contributed by atoms with van der Waals surface area (Å²) in [6.07, 6.45) is -1.41. The number of alkyl halides is 6.